The third kappa shape index (κ3) is 4.93. The maximum atomic E-state index is 14.1. The Bertz CT molecular complexity index is 1010. The molecule has 2 aromatic carbocycles. The van der Waals surface area contributed by atoms with Gasteiger partial charge in [-0.15, -0.1) is 0 Å². The SMILES string of the molecule is O=S(=O)(OI(c1ccc(Cl)cc1)c1ccc(Cl)cc1)C(F)(F)C(F)(F)C(F)(F)C(F)(F)F. The first-order valence-corrected chi connectivity index (χ1v) is 12.9. The number of halogens is 12. The average Bonchev–Trinajstić information content (AvgIpc) is 2.66. The molecular weight excluding hydrogens is 641 g/mol. The molecule has 0 N–H and O–H groups in total. The number of benzene rings is 2. The van der Waals surface area contributed by atoms with Crippen LogP contribution in [-0.4, -0.2) is 31.7 Å². The third-order valence-electron chi connectivity index (χ3n) is 3.58. The summed E-state index contributed by atoms with van der Waals surface area (Å²) in [5.74, 6) is -14.8. The van der Waals surface area contributed by atoms with Gasteiger partial charge in [0.05, 0.1) is 0 Å². The topological polar surface area (TPSA) is 43.4 Å². The second kappa shape index (κ2) is 9.00. The predicted octanol–water partition coefficient (Wildman–Crippen LogP) is 7.23. The van der Waals surface area contributed by atoms with E-state index in [1.165, 1.54) is 0 Å². The molecule has 0 radical (unpaired) electrons. The van der Waals surface area contributed by atoms with Crippen molar-refractivity contribution in [1.82, 2.24) is 0 Å². The van der Waals surface area contributed by atoms with Gasteiger partial charge in [-0.25, -0.2) is 0 Å². The van der Waals surface area contributed by atoms with Crippen molar-refractivity contribution in [3.63, 3.8) is 0 Å². The Hall–Kier alpha value is -0.970. The number of hydrogen-bond donors (Lipinski definition) is 0. The molecule has 0 aliphatic rings. The van der Waals surface area contributed by atoms with Crippen molar-refractivity contribution in [3.05, 3.63) is 65.7 Å². The van der Waals surface area contributed by atoms with Crippen molar-refractivity contribution in [2.75, 3.05) is 0 Å². The Morgan fingerprint density at radius 3 is 1.31 bits per heavy atom. The van der Waals surface area contributed by atoms with Crippen molar-refractivity contribution in [2.24, 2.45) is 0 Å². The van der Waals surface area contributed by atoms with Crippen LogP contribution in [0.25, 0.3) is 0 Å². The van der Waals surface area contributed by atoms with Crippen LogP contribution in [0.4, 0.5) is 39.5 Å². The Morgan fingerprint density at radius 2 is 1.00 bits per heavy atom. The van der Waals surface area contributed by atoms with Gasteiger partial charge < -0.3 is 0 Å². The summed E-state index contributed by atoms with van der Waals surface area (Å²) in [6, 6.07) is 9.04. The average molecular weight is 649 g/mol. The van der Waals surface area contributed by atoms with Crippen molar-refractivity contribution in [3.8, 4) is 0 Å². The molecule has 0 unspecified atom stereocenters. The van der Waals surface area contributed by atoms with Gasteiger partial charge in [0.1, 0.15) is 0 Å². The fourth-order valence-electron chi connectivity index (χ4n) is 1.93. The molecule has 0 saturated carbocycles. The first kappa shape index (κ1) is 27.3. The molecule has 0 atom stereocenters. The van der Waals surface area contributed by atoms with Gasteiger partial charge in [-0.05, 0) is 0 Å². The van der Waals surface area contributed by atoms with Crippen molar-refractivity contribution < 1.29 is 50.4 Å². The van der Waals surface area contributed by atoms with Gasteiger partial charge in [0.2, 0.25) is 0 Å². The number of alkyl halides is 9. The maximum absolute atomic E-state index is 14.1. The van der Waals surface area contributed by atoms with Gasteiger partial charge in [-0.1, -0.05) is 0 Å². The number of rotatable bonds is 7. The van der Waals surface area contributed by atoms with E-state index in [2.05, 4.69) is 2.51 Å². The molecule has 3 nitrogen and oxygen atoms in total. The van der Waals surface area contributed by atoms with Crippen LogP contribution in [0.1, 0.15) is 0 Å². The van der Waals surface area contributed by atoms with Crippen LogP contribution in [-0.2, 0) is 12.6 Å². The molecule has 0 aromatic heterocycles. The van der Waals surface area contributed by atoms with Crippen LogP contribution in [0.5, 0.6) is 0 Å². The molecule has 2 rings (SSSR count). The summed E-state index contributed by atoms with van der Waals surface area (Å²) in [4.78, 5) is 0. The van der Waals surface area contributed by atoms with E-state index in [-0.39, 0.29) is 17.2 Å². The van der Waals surface area contributed by atoms with Crippen molar-refractivity contribution >= 4 is 53.6 Å². The van der Waals surface area contributed by atoms with Gasteiger partial charge in [0.25, 0.3) is 0 Å². The molecule has 0 fully saturated rings. The van der Waals surface area contributed by atoms with E-state index in [0.29, 0.717) is 0 Å². The molecule has 0 saturated heterocycles. The molecule has 180 valence electrons. The van der Waals surface area contributed by atoms with Crippen LogP contribution < -0.4 is 0 Å². The molecule has 32 heavy (non-hydrogen) atoms. The van der Waals surface area contributed by atoms with Crippen molar-refractivity contribution in [2.45, 2.75) is 23.3 Å². The molecule has 0 amide bonds. The molecule has 16 heteroatoms. The Balaban J connectivity index is 2.58. The fraction of sp³-hybridized carbons (Fsp3) is 0.250. The zero-order valence-corrected chi connectivity index (χ0v) is 19.3. The van der Waals surface area contributed by atoms with E-state index in [0.717, 1.165) is 48.5 Å². The van der Waals surface area contributed by atoms with E-state index in [1.807, 2.05) is 0 Å². The van der Waals surface area contributed by atoms with E-state index < -0.39 is 53.6 Å². The Morgan fingerprint density at radius 1 is 0.656 bits per heavy atom. The van der Waals surface area contributed by atoms with Gasteiger partial charge >= 0.3 is 193 Å². The van der Waals surface area contributed by atoms with E-state index in [4.69, 9.17) is 23.2 Å². The second-order valence-corrected chi connectivity index (χ2v) is 13.2. The van der Waals surface area contributed by atoms with Gasteiger partial charge in [0, 0.05) is 0 Å². The van der Waals surface area contributed by atoms with E-state index in [9.17, 15) is 47.9 Å². The minimum atomic E-state index is -7.39. The van der Waals surface area contributed by atoms with E-state index >= 15 is 0 Å². The normalized spacial score (nSPS) is 14.4. The molecule has 0 heterocycles. The van der Waals surface area contributed by atoms with Crippen LogP contribution in [0.3, 0.4) is 0 Å². The third-order valence-corrected chi connectivity index (χ3v) is 11.5. The summed E-state index contributed by atoms with van der Waals surface area (Å²) in [6.45, 7) is 0. The van der Waals surface area contributed by atoms with Crippen LogP contribution in [0.15, 0.2) is 48.5 Å². The summed E-state index contributed by atoms with van der Waals surface area (Å²) in [5, 5.41) is -6.75. The zero-order valence-electron chi connectivity index (χ0n) is 14.8. The van der Waals surface area contributed by atoms with Crippen LogP contribution in [0, 0.1) is 7.14 Å². The minimum absolute atomic E-state index is 0.102. The Kier molecular flexibility index (Phi) is 7.67. The van der Waals surface area contributed by atoms with Gasteiger partial charge in [0.15, 0.2) is 0 Å². The van der Waals surface area contributed by atoms with Crippen LogP contribution >= 0.6 is 43.4 Å². The fourth-order valence-corrected chi connectivity index (χ4v) is 9.10. The molecule has 2 aromatic rings. The summed E-state index contributed by atoms with van der Waals surface area (Å²) in [6.07, 6.45) is -7.18. The molecule has 0 aliphatic carbocycles. The van der Waals surface area contributed by atoms with Crippen LogP contribution in [0.2, 0.25) is 10.0 Å². The molecule has 0 spiro atoms. The zero-order chi connectivity index (χ0) is 24.8. The standard InChI is InChI=1S/C16H8Cl2F9IO3S/c17-9-1-5-11(6-2-9)28(12-7-3-10(18)4-8-12)31-32(29,30)16(26,27)14(21,22)13(19,20)15(23,24)25/h1-8H. The number of hydrogen-bond acceptors (Lipinski definition) is 3. The van der Waals surface area contributed by atoms with Crippen molar-refractivity contribution in [1.29, 1.82) is 0 Å². The first-order valence-electron chi connectivity index (χ1n) is 7.71. The van der Waals surface area contributed by atoms with Gasteiger partial charge in [-0.3, -0.25) is 0 Å². The monoisotopic (exact) mass is 648 g/mol. The quantitative estimate of drug-likeness (QED) is 0.235. The molecule has 0 bridgehead atoms. The van der Waals surface area contributed by atoms with E-state index in [1.54, 1.807) is 0 Å². The predicted molar refractivity (Wildman–Crippen MR) is 105 cm³/mol. The summed E-state index contributed by atoms with van der Waals surface area (Å²) < 4.78 is 147. The summed E-state index contributed by atoms with van der Waals surface area (Å²) in [7, 11) is -7.04. The summed E-state index contributed by atoms with van der Waals surface area (Å²) >= 11 is 7.19. The summed E-state index contributed by atoms with van der Waals surface area (Å²) in [5.41, 5.74) is 0. The van der Waals surface area contributed by atoms with Gasteiger partial charge in [-0.2, -0.15) is 0 Å². The Labute approximate surface area is 192 Å². The molecular formula is C16H8Cl2F9IO3S. The second-order valence-electron chi connectivity index (χ2n) is 5.80. The molecule has 0 aliphatic heterocycles. The first-order chi connectivity index (χ1) is 14.3.